The van der Waals surface area contributed by atoms with Gasteiger partial charge in [-0.3, -0.25) is 9.48 Å². The molecule has 5 nitrogen and oxygen atoms in total. The molecule has 0 aliphatic rings. The second kappa shape index (κ2) is 6.74. The molecule has 1 heterocycles. The molecule has 27 heavy (non-hydrogen) atoms. The van der Waals surface area contributed by atoms with Gasteiger partial charge in [0.2, 0.25) is 5.91 Å². The van der Waals surface area contributed by atoms with E-state index in [9.17, 15) is 13.6 Å². The molecule has 7 heteroatoms. The van der Waals surface area contributed by atoms with Gasteiger partial charge in [0.1, 0.15) is 17.7 Å². The summed E-state index contributed by atoms with van der Waals surface area (Å²) in [5.74, 6) is -1.97. The van der Waals surface area contributed by atoms with Gasteiger partial charge in [0.15, 0.2) is 0 Å². The van der Waals surface area contributed by atoms with Crippen LogP contribution in [0.25, 0.3) is 10.9 Å². The van der Waals surface area contributed by atoms with Crippen LogP contribution in [0.1, 0.15) is 37.9 Å². The van der Waals surface area contributed by atoms with Gasteiger partial charge in [0.25, 0.3) is 0 Å². The number of nitrogens with two attached hydrogens (primary N) is 1. The van der Waals surface area contributed by atoms with Crippen LogP contribution in [0.3, 0.4) is 0 Å². The number of halogens is 2. The number of hydrogen-bond donors (Lipinski definition) is 2. The average Bonchev–Trinajstić information content (AvgIpc) is 2.92. The molecule has 0 aliphatic carbocycles. The minimum atomic E-state index is -0.983. The lowest BCUT2D eigenvalue weighted by molar-refractivity contribution is -0.117. The number of aromatic nitrogens is 2. The van der Waals surface area contributed by atoms with E-state index in [0.717, 1.165) is 23.0 Å². The smallest absolute Gasteiger partial charge is 0.245 e. The highest BCUT2D eigenvalue weighted by Crippen LogP contribution is 2.30. The third-order valence-electron chi connectivity index (χ3n) is 4.47. The van der Waals surface area contributed by atoms with Crippen LogP contribution in [0.15, 0.2) is 36.5 Å². The number of hydrogen-bond acceptors (Lipinski definition) is 3. The number of aryl methyl sites for hydroxylation is 1. The molecule has 0 saturated carbocycles. The van der Waals surface area contributed by atoms with Crippen molar-refractivity contribution in [1.82, 2.24) is 9.78 Å². The Balaban J connectivity index is 1.83. The standard InChI is InChI=1S/C20H22F2N4O/c1-20(2,3)17-14(21)8-13(9-15(17)22)25-19(27)18(23)11-5-6-16-12(7-11)10-24-26(16)4/h5-10,18H,23H2,1-4H3,(H,25,27). The van der Waals surface area contributed by atoms with E-state index in [1.54, 1.807) is 43.8 Å². The van der Waals surface area contributed by atoms with Crippen molar-refractivity contribution < 1.29 is 13.6 Å². The first-order chi connectivity index (χ1) is 12.6. The Kier molecular flexibility index (Phi) is 4.73. The first-order valence-corrected chi connectivity index (χ1v) is 8.55. The molecule has 1 atom stereocenters. The van der Waals surface area contributed by atoms with Crippen LogP contribution >= 0.6 is 0 Å². The molecule has 142 valence electrons. The highest BCUT2D eigenvalue weighted by molar-refractivity contribution is 5.96. The minimum Gasteiger partial charge on any atom is -0.324 e. The molecule has 2 aromatic carbocycles. The monoisotopic (exact) mass is 372 g/mol. The van der Waals surface area contributed by atoms with Crippen LogP contribution in [0, 0.1) is 11.6 Å². The number of nitrogens with one attached hydrogen (secondary N) is 1. The third-order valence-corrected chi connectivity index (χ3v) is 4.47. The van der Waals surface area contributed by atoms with E-state index in [2.05, 4.69) is 10.4 Å². The Hall–Kier alpha value is -2.80. The lowest BCUT2D eigenvalue weighted by atomic mass is 9.86. The fourth-order valence-corrected chi connectivity index (χ4v) is 3.11. The average molecular weight is 372 g/mol. The predicted molar refractivity (Wildman–Crippen MR) is 101 cm³/mol. The molecule has 3 rings (SSSR count). The molecule has 0 fully saturated rings. The van der Waals surface area contributed by atoms with Crippen LogP contribution in [0.2, 0.25) is 0 Å². The summed E-state index contributed by atoms with van der Waals surface area (Å²) in [4.78, 5) is 12.5. The van der Waals surface area contributed by atoms with E-state index < -0.39 is 29.0 Å². The van der Waals surface area contributed by atoms with Gasteiger partial charge in [-0.1, -0.05) is 26.8 Å². The summed E-state index contributed by atoms with van der Waals surface area (Å²) in [5, 5.41) is 7.49. The van der Waals surface area contributed by atoms with Gasteiger partial charge in [-0.05, 0) is 35.2 Å². The van der Waals surface area contributed by atoms with Crippen molar-refractivity contribution in [1.29, 1.82) is 0 Å². The molecule has 0 radical (unpaired) electrons. The molecule has 1 amide bonds. The maximum atomic E-state index is 14.3. The van der Waals surface area contributed by atoms with E-state index >= 15 is 0 Å². The zero-order valence-corrected chi connectivity index (χ0v) is 15.7. The maximum Gasteiger partial charge on any atom is 0.245 e. The molecule has 0 saturated heterocycles. The number of carbonyl (C=O) groups excluding carboxylic acids is 1. The number of benzene rings is 2. The zero-order valence-electron chi connectivity index (χ0n) is 15.7. The molecule has 3 N–H and O–H groups in total. The number of fused-ring (bicyclic) bond motifs is 1. The van der Waals surface area contributed by atoms with Crippen LogP contribution in [-0.2, 0) is 17.3 Å². The largest absolute Gasteiger partial charge is 0.324 e. The quantitative estimate of drug-likeness (QED) is 0.735. The van der Waals surface area contributed by atoms with Gasteiger partial charge < -0.3 is 11.1 Å². The predicted octanol–water partition coefficient (Wildman–Crippen LogP) is 3.79. The van der Waals surface area contributed by atoms with Crippen molar-refractivity contribution in [2.24, 2.45) is 12.8 Å². The SMILES string of the molecule is Cn1ncc2cc(C(N)C(=O)Nc3cc(F)c(C(C)(C)C)c(F)c3)ccc21. The Labute approximate surface area is 156 Å². The first-order valence-electron chi connectivity index (χ1n) is 8.55. The van der Waals surface area contributed by atoms with Gasteiger partial charge in [-0.2, -0.15) is 5.10 Å². The summed E-state index contributed by atoms with van der Waals surface area (Å²) < 4.78 is 30.4. The van der Waals surface area contributed by atoms with Crippen LogP contribution in [-0.4, -0.2) is 15.7 Å². The molecule has 0 bridgehead atoms. The Morgan fingerprint density at radius 1 is 1.19 bits per heavy atom. The van der Waals surface area contributed by atoms with Crippen molar-refractivity contribution in [2.75, 3.05) is 5.32 Å². The fraction of sp³-hybridized carbons (Fsp3) is 0.300. The lowest BCUT2D eigenvalue weighted by Crippen LogP contribution is -2.28. The minimum absolute atomic E-state index is 0.0215. The van der Waals surface area contributed by atoms with Gasteiger partial charge in [-0.15, -0.1) is 0 Å². The zero-order chi connectivity index (χ0) is 19.9. The van der Waals surface area contributed by atoms with Crippen molar-refractivity contribution in [3.05, 3.63) is 59.3 Å². The summed E-state index contributed by atoms with van der Waals surface area (Å²) in [6, 6.07) is 6.57. The summed E-state index contributed by atoms with van der Waals surface area (Å²) in [6.45, 7) is 5.16. The number of carbonyl (C=O) groups is 1. The van der Waals surface area contributed by atoms with Crippen LogP contribution < -0.4 is 11.1 Å². The fourth-order valence-electron chi connectivity index (χ4n) is 3.11. The van der Waals surface area contributed by atoms with Gasteiger partial charge in [0.05, 0.1) is 11.7 Å². The van der Waals surface area contributed by atoms with Crippen molar-refractivity contribution in [3.63, 3.8) is 0 Å². The third kappa shape index (κ3) is 3.68. The molecule has 0 spiro atoms. The molecule has 1 aromatic heterocycles. The van der Waals surface area contributed by atoms with E-state index in [4.69, 9.17) is 5.73 Å². The van der Waals surface area contributed by atoms with Gasteiger partial charge in [-0.25, -0.2) is 8.78 Å². The molecular weight excluding hydrogens is 350 g/mol. The highest BCUT2D eigenvalue weighted by atomic mass is 19.1. The van der Waals surface area contributed by atoms with Crippen LogP contribution in [0.5, 0.6) is 0 Å². The summed E-state index contributed by atoms with van der Waals surface area (Å²) in [7, 11) is 1.82. The Morgan fingerprint density at radius 2 is 1.81 bits per heavy atom. The van der Waals surface area contributed by atoms with Gasteiger partial charge >= 0.3 is 0 Å². The Morgan fingerprint density at radius 3 is 2.41 bits per heavy atom. The number of nitrogens with zero attached hydrogens (tertiary/aromatic N) is 2. The second-order valence-corrected chi connectivity index (χ2v) is 7.62. The Bertz CT molecular complexity index is 997. The second-order valence-electron chi connectivity index (χ2n) is 7.62. The van der Waals surface area contributed by atoms with E-state index in [1.807, 2.05) is 13.1 Å². The maximum absolute atomic E-state index is 14.3. The van der Waals surface area contributed by atoms with Crippen molar-refractivity contribution in [2.45, 2.75) is 32.2 Å². The molecular formula is C20H22F2N4O. The highest BCUT2D eigenvalue weighted by Gasteiger charge is 2.25. The summed E-state index contributed by atoms with van der Waals surface area (Å²) >= 11 is 0. The first kappa shape index (κ1) is 19.0. The van der Waals surface area contributed by atoms with Crippen molar-refractivity contribution >= 4 is 22.5 Å². The lowest BCUT2D eigenvalue weighted by Gasteiger charge is -2.21. The van der Waals surface area contributed by atoms with Crippen molar-refractivity contribution in [3.8, 4) is 0 Å². The summed E-state index contributed by atoms with van der Waals surface area (Å²) in [6.07, 6.45) is 1.68. The van der Waals surface area contributed by atoms with E-state index in [1.165, 1.54) is 0 Å². The van der Waals surface area contributed by atoms with E-state index in [0.29, 0.717) is 5.56 Å². The number of anilines is 1. The molecule has 3 aromatic rings. The normalized spacial score (nSPS) is 13.0. The topological polar surface area (TPSA) is 72.9 Å². The number of amides is 1. The van der Waals surface area contributed by atoms with Gasteiger partial charge in [0, 0.05) is 23.7 Å². The molecule has 0 aliphatic heterocycles. The van der Waals surface area contributed by atoms with E-state index in [-0.39, 0.29) is 11.3 Å². The van der Waals surface area contributed by atoms with Crippen LogP contribution in [0.4, 0.5) is 14.5 Å². The number of rotatable bonds is 3. The summed E-state index contributed by atoms with van der Waals surface area (Å²) in [5.41, 5.74) is 6.85. The molecule has 1 unspecified atom stereocenters.